The van der Waals surface area contributed by atoms with Crippen LogP contribution in [0.1, 0.15) is 0 Å². The number of hydrogen-bond acceptors (Lipinski definition) is 7. The van der Waals surface area contributed by atoms with Crippen molar-refractivity contribution in [2.24, 2.45) is 5.73 Å². The summed E-state index contributed by atoms with van der Waals surface area (Å²) in [4.78, 5) is 27.1. The van der Waals surface area contributed by atoms with Crippen LogP contribution in [0.3, 0.4) is 0 Å². The van der Waals surface area contributed by atoms with Crippen LogP contribution >= 0.6 is 0 Å². The molecule has 0 spiro atoms. The van der Waals surface area contributed by atoms with Crippen LogP contribution in [0.2, 0.25) is 0 Å². The van der Waals surface area contributed by atoms with E-state index in [1.807, 2.05) is 0 Å². The number of carbonyl (C=O) groups excluding carboxylic acids is 1. The molecule has 2 aromatic rings. The zero-order chi connectivity index (χ0) is 14.4. The lowest BCUT2D eigenvalue weighted by Crippen LogP contribution is -2.33. The second kappa shape index (κ2) is 6.31. The Labute approximate surface area is 114 Å². The van der Waals surface area contributed by atoms with Gasteiger partial charge in [-0.1, -0.05) is 0 Å². The SMILES string of the molecule is CNc1nc(NCCNC(N)=O)nc(-n2ccnc2)n1. The molecule has 0 bridgehead atoms. The van der Waals surface area contributed by atoms with Crippen LogP contribution in [0.4, 0.5) is 16.7 Å². The molecule has 0 aromatic carbocycles. The van der Waals surface area contributed by atoms with Gasteiger partial charge in [0.1, 0.15) is 6.33 Å². The number of carbonyl (C=O) groups is 1. The normalized spacial score (nSPS) is 10.1. The molecule has 0 aliphatic carbocycles. The van der Waals surface area contributed by atoms with Gasteiger partial charge >= 0.3 is 6.03 Å². The molecule has 0 fully saturated rings. The van der Waals surface area contributed by atoms with Gasteiger partial charge in [-0.05, 0) is 0 Å². The van der Waals surface area contributed by atoms with Gasteiger partial charge in [-0.25, -0.2) is 9.78 Å². The Morgan fingerprint density at radius 3 is 2.75 bits per heavy atom. The molecule has 10 heteroatoms. The van der Waals surface area contributed by atoms with Gasteiger partial charge in [0.05, 0.1) is 0 Å². The third-order valence-corrected chi connectivity index (χ3v) is 2.29. The molecule has 2 amide bonds. The van der Waals surface area contributed by atoms with Crippen molar-refractivity contribution in [2.75, 3.05) is 30.8 Å². The Morgan fingerprint density at radius 1 is 1.30 bits per heavy atom. The fraction of sp³-hybridized carbons (Fsp3) is 0.300. The summed E-state index contributed by atoms with van der Waals surface area (Å²) in [5, 5.41) is 8.28. The molecule has 2 heterocycles. The fourth-order valence-electron chi connectivity index (χ4n) is 1.41. The fourth-order valence-corrected chi connectivity index (χ4v) is 1.41. The highest BCUT2D eigenvalue weighted by molar-refractivity contribution is 5.71. The van der Waals surface area contributed by atoms with Crippen molar-refractivity contribution in [2.45, 2.75) is 0 Å². The number of primary amides is 1. The van der Waals surface area contributed by atoms with Crippen LogP contribution in [0, 0.1) is 0 Å². The second-order valence-corrected chi connectivity index (χ2v) is 3.72. The number of nitrogens with zero attached hydrogens (tertiary/aromatic N) is 5. The summed E-state index contributed by atoms with van der Waals surface area (Å²) in [5.74, 6) is 1.25. The number of nitrogens with one attached hydrogen (secondary N) is 3. The van der Waals surface area contributed by atoms with Crippen LogP contribution in [0.15, 0.2) is 18.7 Å². The van der Waals surface area contributed by atoms with Gasteiger partial charge in [0.25, 0.3) is 0 Å². The summed E-state index contributed by atoms with van der Waals surface area (Å²) in [6.45, 7) is 0.815. The number of imidazole rings is 1. The lowest BCUT2D eigenvalue weighted by Gasteiger charge is -2.08. The summed E-state index contributed by atoms with van der Waals surface area (Å²) in [6.07, 6.45) is 4.95. The molecule has 0 saturated heterocycles. The molecule has 2 aromatic heterocycles. The highest BCUT2D eigenvalue weighted by Gasteiger charge is 2.06. The number of aromatic nitrogens is 5. The first kappa shape index (κ1) is 13.5. The van der Waals surface area contributed by atoms with Crippen LogP contribution < -0.4 is 21.7 Å². The van der Waals surface area contributed by atoms with Crippen molar-refractivity contribution in [1.29, 1.82) is 0 Å². The highest BCUT2D eigenvalue weighted by atomic mass is 16.2. The quantitative estimate of drug-likeness (QED) is 0.506. The topological polar surface area (TPSA) is 136 Å². The number of anilines is 2. The van der Waals surface area contributed by atoms with E-state index >= 15 is 0 Å². The molecule has 0 atom stereocenters. The molecule has 10 nitrogen and oxygen atoms in total. The first-order chi connectivity index (χ1) is 9.69. The molecule has 0 unspecified atom stereocenters. The number of amides is 2. The molecule has 0 saturated carbocycles. The van der Waals surface area contributed by atoms with Crippen LogP contribution in [0.25, 0.3) is 5.95 Å². The number of rotatable bonds is 6. The van der Waals surface area contributed by atoms with Gasteiger partial charge in [-0.3, -0.25) is 4.57 Å². The molecule has 5 N–H and O–H groups in total. The number of nitrogens with two attached hydrogens (primary N) is 1. The molecule has 0 aliphatic heterocycles. The van der Waals surface area contributed by atoms with Gasteiger partial charge in [-0.2, -0.15) is 15.0 Å². The maximum Gasteiger partial charge on any atom is 0.312 e. The van der Waals surface area contributed by atoms with Crippen molar-refractivity contribution in [1.82, 2.24) is 29.8 Å². The predicted molar refractivity (Wildman–Crippen MR) is 72.6 cm³/mol. The first-order valence-corrected chi connectivity index (χ1v) is 5.88. The van der Waals surface area contributed by atoms with Crippen molar-refractivity contribution in [3.05, 3.63) is 18.7 Å². The van der Waals surface area contributed by atoms with Crippen molar-refractivity contribution < 1.29 is 4.79 Å². The standard InChI is InChI=1S/C10H15N9O/c1-12-8-16-9(15-3-2-14-7(11)20)18-10(17-8)19-5-4-13-6-19/h4-6H,2-3H2,1H3,(H3,11,14,20)(H2,12,15,16,17,18). The van der Waals surface area contributed by atoms with Crippen molar-refractivity contribution in [3.8, 4) is 5.95 Å². The maximum absolute atomic E-state index is 10.5. The van der Waals surface area contributed by atoms with Gasteiger partial charge in [0.2, 0.25) is 17.8 Å². The lowest BCUT2D eigenvalue weighted by molar-refractivity contribution is 0.249. The monoisotopic (exact) mass is 277 g/mol. The van der Waals surface area contributed by atoms with Crippen molar-refractivity contribution in [3.63, 3.8) is 0 Å². The summed E-state index contributed by atoms with van der Waals surface area (Å²) in [6, 6.07) is -0.572. The average molecular weight is 277 g/mol. The molecule has 20 heavy (non-hydrogen) atoms. The van der Waals surface area contributed by atoms with E-state index in [9.17, 15) is 4.79 Å². The Bertz CT molecular complexity index is 568. The first-order valence-electron chi connectivity index (χ1n) is 5.88. The van der Waals surface area contributed by atoms with Gasteiger partial charge in [-0.15, -0.1) is 0 Å². The van der Waals surface area contributed by atoms with E-state index in [0.29, 0.717) is 30.9 Å². The van der Waals surface area contributed by atoms with Gasteiger partial charge < -0.3 is 21.7 Å². The van der Waals surface area contributed by atoms with Crippen molar-refractivity contribution >= 4 is 17.9 Å². The Morgan fingerprint density at radius 2 is 2.10 bits per heavy atom. The van der Waals surface area contributed by atoms with Crippen LogP contribution in [0.5, 0.6) is 0 Å². The molecule has 2 rings (SSSR count). The molecule has 0 radical (unpaired) electrons. The minimum atomic E-state index is -0.572. The minimum absolute atomic E-state index is 0.371. The van der Waals surface area contributed by atoms with E-state index in [4.69, 9.17) is 5.73 Å². The largest absolute Gasteiger partial charge is 0.357 e. The van der Waals surface area contributed by atoms with E-state index in [0.717, 1.165) is 0 Å². The zero-order valence-corrected chi connectivity index (χ0v) is 10.9. The third-order valence-electron chi connectivity index (χ3n) is 2.29. The number of hydrogen-bond donors (Lipinski definition) is 4. The zero-order valence-electron chi connectivity index (χ0n) is 10.9. The van der Waals surface area contributed by atoms with E-state index in [-0.39, 0.29) is 0 Å². The molecular formula is C10H15N9O. The average Bonchev–Trinajstić information content (AvgIpc) is 2.97. The molecule has 0 aliphatic rings. The Balaban J connectivity index is 2.08. The van der Waals surface area contributed by atoms with E-state index in [1.165, 1.54) is 0 Å². The summed E-state index contributed by atoms with van der Waals surface area (Å²) < 4.78 is 1.66. The predicted octanol–water partition coefficient (Wildman–Crippen LogP) is -0.821. The van der Waals surface area contributed by atoms with Gasteiger partial charge in [0, 0.05) is 32.5 Å². The Kier molecular flexibility index (Phi) is 4.27. The molecular weight excluding hydrogens is 262 g/mol. The molecule has 106 valence electrons. The minimum Gasteiger partial charge on any atom is -0.357 e. The van der Waals surface area contributed by atoms with Crippen LogP contribution in [-0.2, 0) is 0 Å². The second-order valence-electron chi connectivity index (χ2n) is 3.72. The van der Waals surface area contributed by atoms with Gasteiger partial charge in [0.15, 0.2) is 0 Å². The summed E-state index contributed by atoms with van der Waals surface area (Å²) in [5.41, 5.74) is 4.97. The number of urea groups is 1. The highest BCUT2D eigenvalue weighted by Crippen LogP contribution is 2.08. The smallest absolute Gasteiger partial charge is 0.312 e. The third kappa shape index (κ3) is 3.54. The summed E-state index contributed by atoms with van der Waals surface area (Å²) in [7, 11) is 1.71. The maximum atomic E-state index is 10.5. The Hall–Kier alpha value is -2.91. The van der Waals surface area contributed by atoms with E-state index in [1.54, 1.807) is 30.3 Å². The summed E-state index contributed by atoms with van der Waals surface area (Å²) >= 11 is 0. The lowest BCUT2D eigenvalue weighted by atomic mass is 10.6. The van der Waals surface area contributed by atoms with E-state index in [2.05, 4.69) is 35.9 Å². The van der Waals surface area contributed by atoms with Crippen LogP contribution in [-0.4, -0.2) is 50.7 Å². The van der Waals surface area contributed by atoms with E-state index < -0.39 is 6.03 Å².